The van der Waals surface area contributed by atoms with Gasteiger partial charge in [0.2, 0.25) is 0 Å². The molecule has 0 radical (unpaired) electrons. The summed E-state index contributed by atoms with van der Waals surface area (Å²) in [4.78, 5) is 22.3. The molecule has 20 heavy (non-hydrogen) atoms. The second-order valence-electron chi connectivity index (χ2n) is 4.97. The molecule has 7 nitrogen and oxygen atoms in total. The van der Waals surface area contributed by atoms with E-state index < -0.39 is 0 Å². The molecule has 3 rings (SSSR count). The fraction of sp³-hybridized carbons (Fsp3) is 0.385. The topological polar surface area (TPSA) is 75.9 Å². The van der Waals surface area contributed by atoms with Crippen LogP contribution in [0, 0.1) is 6.92 Å². The normalized spacial score (nSPS) is 15.0. The van der Waals surface area contributed by atoms with Crippen LogP contribution < -0.4 is 10.2 Å². The first-order valence-electron chi connectivity index (χ1n) is 6.46. The van der Waals surface area contributed by atoms with E-state index in [1.807, 2.05) is 13.0 Å². The number of nitrogens with one attached hydrogen (secondary N) is 1. The zero-order valence-electron chi connectivity index (χ0n) is 11.4. The van der Waals surface area contributed by atoms with Crippen molar-refractivity contribution in [2.45, 2.75) is 13.0 Å². The van der Waals surface area contributed by atoms with Gasteiger partial charge in [-0.15, -0.1) is 0 Å². The first kappa shape index (κ1) is 12.6. The predicted octanol–water partition coefficient (Wildman–Crippen LogP) is 0.137. The van der Waals surface area contributed by atoms with E-state index >= 15 is 0 Å². The van der Waals surface area contributed by atoms with Crippen LogP contribution in [0.15, 0.2) is 24.7 Å². The minimum absolute atomic E-state index is 0.130. The van der Waals surface area contributed by atoms with Crippen LogP contribution in [0.4, 0.5) is 5.82 Å². The number of aromatic nitrogens is 4. The first-order valence-corrected chi connectivity index (χ1v) is 6.46. The lowest BCUT2D eigenvalue weighted by Gasteiger charge is -2.40. The molecule has 0 unspecified atom stereocenters. The summed E-state index contributed by atoms with van der Waals surface area (Å²) in [7, 11) is 1.79. The number of rotatable bonds is 3. The minimum Gasteiger partial charge on any atom is -0.352 e. The summed E-state index contributed by atoms with van der Waals surface area (Å²) in [6.07, 6.45) is 3.32. The molecule has 2 aromatic rings. The van der Waals surface area contributed by atoms with E-state index in [0.29, 0.717) is 5.69 Å². The Morgan fingerprint density at radius 2 is 2.20 bits per heavy atom. The third-order valence-electron chi connectivity index (χ3n) is 3.28. The zero-order chi connectivity index (χ0) is 14.1. The molecule has 0 atom stereocenters. The van der Waals surface area contributed by atoms with Crippen LogP contribution >= 0.6 is 0 Å². The Labute approximate surface area is 116 Å². The Hall–Kier alpha value is -2.44. The van der Waals surface area contributed by atoms with Crippen molar-refractivity contribution in [1.82, 2.24) is 25.1 Å². The zero-order valence-corrected chi connectivity index (χ0v) is 11.4. The fourth-order valence-electron chi connectivity index (χ4n) is 2.17. The van der Waals surface area contributed by atoms with Crippen molar-refractivity contribution >= 4 is 11.7 Å². The highest BCUT2D eigenvalue weighted by Gasteiger charge is 2.29. The second-order valence-corrected chi connectivity index (χ2v) is 4.97. The molecule has 1 saturated heterocycles. The molecule has 0 saturated carbocycles. The third kappa shape index (κ3) is 2.47. The van der Waals surface area contributed by atoms with E-state index in [1.165, 1.54) is 0 Å². The van der Waals surface area contributed by atoms with Gasteiger partial charge in [0, 0.05) is 38.1 Å². The van der Waals surface area contributed by atoms with Gasteiger partial charge in [-0.05, 0) is 13.0 Å². The predicted molar refractivity (Wildman–Crippen MR) is 73.4 cm³/mol. The Morgan fingerprint density at radius 1 is 1.40 bits per heavy atom. The molecule has 0 bridgehead atoms. The Bertz CT molecular complexity index is 631. The maximum atomic E-state index is 11.9. The lowest BCUT2D eigenvalue weighted by atomic mass is 10.1. The van der Waals surface area contributed by atoms with Crippen molar-refractivity contribution < 1.29 is 4.79 Å². The maximum Gasteiger partial charge on any atom is 0.272 e. The van der Waals surface area contributed by atoms with E-state index in [2.05, 4.69) is 25.3 Å². The van der Waals surface area contributed by atoms with Gasteiger partial charge in [0.25, 0.3) is 5.91 Å². The van der Waals surface area contributed by atoms with E-state index in [4.69, 9.17) is 0 Å². The number of hydrogen-bond donors (Lipinski definition) is 1. The fourth-order valence-corrected chi connectivity index (χ4v) is 2.17. The SMILES string of the molecule is Cc1cc(N2CC(NC(=O)c3ccn(C)n3)C2)ncn1. The van der Waals surface area contributed by atoms with E-state index in [0.717, 1.165) is 24.6 Å². The summed E-state index contributed by atoms with van der Waals surface area (Å²) in [5, 5.41) is 7.04. The molecule has 3 heterocycles. The largest absolute Gasteiger partial charge is 0.352 e. The molecular weight excluding hydrogens is 256 g/mol. The summed E-state index contributed by atoms with van der Waals surface area (Å²) in [6.45, 7) is 3.45. The Morgan fingerprint density at radius 3 is 2.85 bits per heavy atom. The minimum atomic E-state index is -0.130. The molecule has 104 valence electrons. The van der Waals surface area contributed by atoms with E-state index in [1.54, 1.807) is 30.3 Å². The highest BCUT2D eigenvalue weighted by molar-refractivity contribution is 5.92. The van der Waals surface area contributed by atoms with Crippen LogP contribution in [0.1, 0.15) is 16.2 Å². The third-order valence-corrected chi connectivity index (χ3v) is 3.28. The van der Waals surface area contributed by atoms with Crippen molar-refractivity contribution in [2.75, 3.05) is 18.0 Å². The average molecular weight is 272 g/mol. The van der Waals surface area contributed by atoms with Gasteiger partial charge in [-0.1, -0.05) is 0 Å². The molecule has 0 aromatic carbocycles. The standard InChI is InChI=1S/C13H16N6O/c1-9-5-12(15-8-14-9)19-6-10(7-19)16-13(20)11-3-4-18(2)17-11/h3-5,8,10H,6-7H2,1-2H3,(H,16,20). The smallest absolute Gasteiger partial charge is 0.272 e. The molecule has 1 amide bonds. The van der Waals surface area contributed by atoms with Crippen molar-refractivity contribution in [1.29, 1.82) is 0 Å². The van der Waals surface area contributed by atoms with Gasteiger partial charge < -0.3 is 10.2 Å². The lowest BCUT2D eigenvalue weighted by Crippen LogP contribution is -2.59. The number of amides is 1. The number of carbonyl (C=O) groups is 1. The highest BCUT2D eigenvalue weighted by Crippen LogP contribution is 2.18. The Kier molecular flexibility index (Phi) is 3.09. The Balaban J connectivity index is 1.55. The number of carbonyl (C=O) groups excluding carboxylic acids is 1. The van der Waals surface area contributed by atoms with Crippen LogP contribution in [-0.2, 0) is 7.05 Å². The number of anilines is 1. The highest BCUT2D eigenvalue weighted by atomic mass is 16.2. The van der Waals surface area contributed by atoms with Gasteiger partial charge >= 0.3 is 0 Å². The van der Waals surface area contributed by atoms with E-state index in [9.17, 15) is 4.79 Å². The average Bonchev–Trinajstić information content (AvgIpc) is 2.80. The van der Waals surface area contributed by atoms with Crippen LogP contribution in [0.3, 0.4) is 0 Å². The molecule has 7 heteroatoms. The van der Waals surface area contributed by atoms with Gasteiger partial charge in [0.05, 0.1) is 6.04 Å². The molecule has 1 N–H and O–H groups in total. The number of nitrogens with zero attached hydrogens (tertiary/aromatic N) is 5. The molecule has 0 spiro atoms. The van der Waals surface area contributed by atoms with Gasteiger partial charge in [0.15, 0.2) is 0 Å². The van der Waals surface area contributed by atoms with Crippen LogP contribution in [0.2, 0.25) is 0 Å². The van der Waals surface area contributed by atoms with Crippen molar-refractivity contribution in [3.63, 3.8) is 0 Å². The van der Waals surface area contributed by atoms with Crippen molar-refractivity contribution in [3.05, 3.63) is 36.0 Å². The first-order chi connectivity index (χ1) is 9.61. The molecular formula is C13H16N6O. The molecule has 2 aromatic heterocycles. The number of hydrogen-bond acceptors (Lipinski definition) is 5. The summed E-state index contributed by atoms with van der Waals surface area (Å²) in [5.41, 5.74) is 1.39. The maximum absolute atomic E-state index is 11.9. The van der Waals surface area contributed by atoms with Gasteiger partial charge in [-0.2, -0.15) is 5.10 Å². The second kappa shape index (κ2) is 4.92. The quantitative estimate of drug-likeness (QED) is 0.860. The summed E-state index contributed by atoms with van der Waals surface area (Å²) in [5.74, 6) is 0.773. The lowest BCUT2D eigenvalue weighted by molar-refractivity contribution is 0.0924. The van der Waals surface area contributed by atoms with Gasteiger partial charge in [0.1, 0.15) is 17.8 Å². The molecule has 1 fully saturated rings. The van der Waals surface area contributed by atoms with Crippen molar-refractivity contribution in [3.8, 4) is 0 Å². The van der Waals surface area contributed by atoms with E-state index in [-0.39, 0.29) is 11.9 Å². The van der Waals surface area contributed by atoms with Crippen LogP contribution in [-0.4, -0.2) is 44.8 Å². The van der Waals surface area contributed by atoms with Gasteiger partial charge in [-0.3, -0.25) is 9.48 Å². The summed E-state index contributed by atoms with van der Waals surface area (Å²) in [6, 6.07) is 3.79. The molecule has 1 aliphatic heterocycles. The monoisotopic (exact) mass is 272 g/mol. The van der Waals surface area contributed by atoms with Crippen molar-refractivity contribution in [2.24, 2.45) is 7.05 Å². The van der Waals surface area contributed by atoms with Crippen LogP contribution in [0.25, 0.3) is 0 Å². The molecule has 0 aliphatic carbocycles. The summed E-state index contributed by atoms with van der Waals surface area (Å²) >= 11 is 0. The van der Waals surface area contributed by atoms with Crippen LogP contribution in [0.5, 0.6) is 0 Å². The number of aryl methyl sites for hydroxylation is 2. The summed E-state index contributed by atoms with van der Waals surface area (Å²) < 4.78 is 1.62. The molecule has 1 aliphatic rings. The van der Waals surface area contributed by atoms with Gasteiger partial charge in [-0.25, -0.2) is 9.97 Å².